The Morgan fingerprint density at radius 2 is 2.10 bits per heavy atom. The molecule has 0 aliphatic heterocycles. The topological polar surface area (TPSA) is 134 Å². The normalized spacial score (nSPS) is 14.2. The lowest BCUT2D eigenvalue weighted by molar-refractivity contribution is -0.131. The molecule has 3 aromatic heterocycles. The van der Waals surface area contributed by atoms with Crippen LogP contribution in [0.15, 0.2) is 34.6 Å². The maximum atomic E-state index is 12.5. The van der Waals surface area contributed by atoms with E-state index in [0.29, 0.717) is 11.0 Å². The molecule has 0 saturated heterocycles. The van der Waals surface area contributed by atoms with E-state index in [1.807, 2.05) is 5.38 Å². The molecule has 29 heavy (non-hydrogen) atoms. The Morgan fingerprint density at radius 1 is 1.31 bits per heavy atom. The lowest BCUT2D eigenvalue weighted by Crippen LogP contribution is -2.19. The average Bonchev–Trinajstić information content (AvgIpc) is 3.07. The number of carboxylic acids is 1. The van der Waals surface area contributed by atoms with Crippen molar-refractivity contribution in [3.8, 4) is 5.88 Å². The van der Waals surface area contributed by atoms with Gasteiger partial charge in [0.05, 0.1) is 5.69 Å². The van der Waals surface area contributed by atoms with E-state index in [4.69, 9.17) is 5.11 Å². The number of thiazole rings is 1. The van der Waals surface area contributed by atoms with E-state index in [1.54, 1.807) is 0 Å². The minimum absolute atomic E-state index is 0.0573. The number of hydrogen-bond acceptors (Lipinski definition) is 7. The highest BCUT2D eigenvalue weighted by Gasteiger charge is 2.22. The third kappa shape index (κ3) is 3.74. The van der Waals surface area contributed by atoms with Crippen LogP contribution in [0.25, 0.3) is 11.7 Å². The second kappa shape index (κ2) is 7.47. The molecule has 3 heterocycles. The molecule has 1 fully saturated rings. The van der Waals surface area contributed by atoms with Crippen molar-refractivity contribution in [1.29, 1.82) is 0 Å². The number of amides is 1. The van der Waals surface area contributed by atoms with E-state index in [2.05, 4.69) is 15.3 Å². The number of pyridine rings is 1. The van der Waals surface area contributed by atoms with Crippen molar-refractivity contribution in [3.05, 3.63) is 57.0 Å². The van der Waals surface area contributed by atoms with Crippen LogP contribution in [0.1, 0.15) is 46.8 Å². The first-order chi connectivity index (χ1) is 13.9. The molecule has 10 heteroatoms. The predicted molar refractivity (Wildman–Crippen MR) is 106 cm³/mol. The minimum atomic E-state index is -1.26. The summed E-state index contributed by atoms with van der Waals surface area (Å²) in [5.41, 5.74) is 0.387. The number of hydrogen-bond donors (Lipinski definition) is 3. The number of carbonyl (C=O) groups is 2. The Bertz CT molecular complexity index is 1210. The third-order valence-electron chi connectivity index (χ3n) is 4.77. The zero-order valence-corrected chi connectivity index (χ0v) is 15.8. The number of aromatic hydroxyl groups is 1. The highest BCUT2D eigenvalue weighted by molar-refractivity contribution is 7.14. The summed E-state index contributed by atoms with van der Waals surface area (Å²) in [4.78, 5) is 44.0. The van der Waals surface area contributed by atoms with Gasteiger partial charge >= 0.3 is 5.97 Å². The summed E-state index contributed by atoms with van der Waals surface area (Å²) in [5, 5.41) is 23.8. The van der Waals surface area contributed by atoms with Crippen LogP contribution in [0, 0.1) is 0 Å². The molecule has 0 radical (unpaired) electrons. The first-order valence-corrected chi connectivity index (χ1v) is 9.73. The first-order valence-electron chi connectivity index (χ1n) is 8.85. The molecule has 1 aliphatic carbocycles. The lowest BCUT2D eigenvalue weighted by atomic mass is 9.83. The molecule has 9 nitrogen and oxygen atoms in total. The van der Waals surface area contributed by atoms with E-state index >= 15 is 0 Å². The molecule has 1 amide bonds. The second-order valence-corrected chi connectivity index (χ2v) is 7.49. The maximum absolute atomic E-state index is 12.5. The van der Waals surface area contributed by atoms with Gasteiger partial charge < -0.3 is 10.2 Å². The number of anilines is 1. The Hall–Kier alpha value is -3.53. The monoisotopic (exact) mass is 412 g/mol. The SMILES string of the molecule is O=C(O)/C=C/c1c(O)nc2cc(C(=O)Nc3nc(C4CCC4)cs3)ccn2c1=O. The fourth-order valence-corrected chi connectivity index (χ4v) is 3.77. The van der Waals surface area contributed by atoms with Gasteiger partial charge in [0.1, 0.15) is 11.2 Å². The molecule has 1 saturated carbocycles. The summed E-state index contributed by atoms with van der Waals surface area (Å²) in [6.45, 7) is 0. The smallest absolute Gasteiger partial charge is 0.328 e. The van der Waals surface area contributed by atoms with Gasteiger partial charge in [0.15, 0.2) is 5.13 Å². The number of fused-ring (bicyclic) bond motifs is 1. The number of carboxylic acid groups (broad SMARTS) is 1. The summed E-state index contributed by atoms with van der Waals surface area (Å²) < 4.78 is 1.12. The average molecular weight is 412 g/mol. The van der Waals surface area contributed by atoms with E-state index in [0.717, 1.165) is 35.1 Å². The zero-order valence-electron chi connectivity index (χ0n) is 15.0. The van der Waals surface area contributed by atoms with Crippen molar-refractivity contribution < 1.29 is 19.8 Å². The molecule has 3 N–H and O–H groups in total. The Morgan fingerprint density at radius 3 is 2.79 bits per heavy atom. The van der Waals surface area contributed by atoms with Crippen LogP contribution in [0.2, 0.25) is 0 Å². The van der Waals surface area contributed by atoms with E-state index < -0.39 is 23.3 Å². The quantitative estimate of drug-likeness (QED) is 0.548. The van der Waals surface area contributed by atoms with Crippen molar-refractivity contribution in [2.45, 2.75) is 25.2 Å². The van der Waals surface area contributed by atoms with E-state index in [1.165, 1.54) is 36.1 Å². The van der Waals surface area contributed by atoms with Gasteiger partial charge in [-0.25, -0.2) is 9.78 Å². The van der Waals surface area contributed by atoms with Crippen LogP contribution in [-0.2, 0) is 4.79 Å². The number of aromatic nitrogens is 3. The molecule has 0 atom stereocenters. The van der Waals surface area contributed by atoms with Crippen LogP contribution in [-0.4, -0.2) is 36.5 Å². The van der Waals surface area contributed by atoms with Gasteiger partial charge in [-0.15, -0.1) is 11.3 Å². The Balaban J connectivity index is 1.60. The molecule has 4 rings (SSSR count). The van der Waals surface area contributed by atoms with E-state index in [-0.39, 0.29) is 16.8 Å². The summed E-state index contributed by atoms with van der Waals surface area (Å²) in [5.74, 6) is -1.81. The van der Waals surface area contributed by atoms with Crippen LogP contribution >= 0.6 is 11.3 Å². The molecular formula is C19H16N4O5S. The molecule has 0 aromatic carbocycles. The molecule has 0 bridgehead atoms. The van der Waals surface area contributed by atoms with Gasteiger partial charge in [-0.05, 0) is 31.1 Å². The predicted octanol–water partition coefficient (Wildman–Crippen LogP) is 2.47. The van der Waals surface area contributed by atoms with Gasteiger partial charge in [0.25, 0.3) is 11.5 Å². The fourth-order valence-electron chi connectivity index (χ4n) is 2.99. The highest BCUT2D eigenvalue weighted by atomic mass is 32.1. The molecule has 3 aromatic rings. The molecule has 0 spiro atoms. The van der Waals surface area contributed by atoms with Crippen molar-refractivity contribution >= 4 is 40.1 Å². The van der Waals surface area contributed by atoms with Gasteiger partial charge in [0.2, 0.25) is 5.88 Å². The number of aliphatic carboxylic acids is 1. The maximum Gasteiger partial charge on any atom is 0.328 e. The van der Waals surface area contributed by atoms with Crippen LogP contribution in [0.4, 0.5) is 5.13 Å². The molecular weight excluding hydrogens is 396 g/mol. The summed E-state index contributed by atoms with van der Waals surface area (Å²) in [6.07, 6.45) is 6.50. The van der Waals surface area contributed by atoms with Crippen LogP contribution in [0.3, 0.4) is 0 Å². The molecule has 148 valence electrons. The van der Waals surface area contributed by atoms with Gasteiger partial charge in [0, 0.05) is 29.1 Å². The standard InChI is InChI=1S/C19H16N4O5S/c24-15(25)5-4-12-17(27)21-14-8-11(6-7-23(14)18(12)28)16(26)22-19-20-13(9-29-19)10-2-1-3-10/h4-10,27H,1-3H2,(H,24,25)(H,20,22,26)/b5-4+. The van der Waals surface area contributed by atoms with Gasteiger partial charge in [-0.3, -0.25) is 19.3 Å². The van der Waals surface area contributed by atoms with Crippen LogP contribution in [0.5, 0.6) is 5.88 Å². The van der Waals surface area contributed by atoms with Crippen molar-refractivity contribution in [2.24, 2.45) is 0 Å². The first kappa shape index (κ1) is 18.8. The fraction of sp³-hybridized carbons (Fsp3) is 0.211. The van der Waals surface area contributed by atoms with Crippen molar-refractivity contribution in [1.82, 2.24) is 14.4 Å². The van der Waals surface area contributed by atoms with Crippen molar-refractivity contribution in [3.63, 3.8) is 0 Å². The Kier molecular flexibility index (Phi) is 4.85. The number of nitrogens with one attached hydrogen (secondary N) is 1. The summed E-state index contributed by atoms with van der Waals surface area (Å²) >= 11 is 1.36. The summed E-state index contributed by atoms with van der Waals surface area (Å²) in [7, 11) is 0. The summed E-state index contributed by atoms with van der Waals surface area (Å²) in [6, 6.07) is 2.80. The Labute approximate surface area is 168 Å². The second-order valence-electron chi connectivity index (χ2n) is 6.63. The largest absolute Gasteiger partial charge is 0.493 e. The minimum Gasteiger partial charge on any atom is -0.493 e. The highest BCUT2D eigenvalue weighted by Crippen LogP contribution is 2.37. The number of carbonyl (C=O) groups excluding carboxylic acids is 1. The van der Waals surface area contributed by atoms with Gasteiger partial charge in [-0.2, -0.15) is 4.98 Å². The number of nitrogens with zero attached hydrogens (tertiary/aromatic N) is 3. The van der Waals surface area contributed by atoms with Crippen LogP contribution < -0.4 is 10.9 Å². The van der Waals surface area contributed by atoms with Crippen molar-refractivity contribution in [2.75, 3.05) is 5.32 Å². The van der Waals surface area contributed by atoms with Gasteiger partial charge in [-0.1, -0.05) is 6.42 Å². The number of rotatable bonds is 5. The lowest BCUT2D eigenvalue weighted by Gasteiger charge is -2.22. The third-order valence-corrected chi connectivity index (χ3v) is 5.54. The zero-order chi connectivity index (χ0) is 20.5. The molecule has 0 unspecified atom stereocenters. The van der Waals surface area contributed by atoms with E-state index in [9.17, 15) is 19.5 Å². The molecule has 1 aliphatic rings.